The first kappa shape index (κ1) is 28.1. The molecule has 192 valence electrons. The second kappa shape index (κ2) is 11.1. The van der Waals surface area contributed by atoms with Gasteiger partial charge in [-0.25, -0.2) is 4.79 Å². The van der Waals surface area contributed by atoms with Crippen LogP contribution in [0.3, 0.4) is 0 Å². The van der Waals surface area contributed by atoms with Gasteiger partial charge < -0.3 is 14.2 Å². The van der Waals surface area contributed by atoms with Gasteiger partial charge in [-0.2, -0.15) is 0 Å². The summed E-state index contributed by atoms with van der Waals surface area (Å²) in [6, 6.07) is 0. The highest BCUT2D eigenvalue weighted by Gasteiger charge is 2.64. The highest BCUT2D eigenvalue weighted by molar-refractivity contribution is 5.87. The molecule has 0 N–H and O–H groups in total. The van der Waals surface area contributed by atoms with Crippen molar-refractivity contribution in [2.24, 2.45) is 28.6 Å². The summed E-state index contributed by atoms with van der Waals surface area (Å²) in [6.07, 6.45) is 6.92. The van der Waals surface area contributed by atoms with Crippen molar-refractivity contribution in [1.82, 2.24) is 0 Å². The molecule has 7 atom stereocenters. The van der Waals surface area contributed by atoms with Crippen LogP contribution in [0.5, 0.6) is 0 Å². The molecule has 34 heavy (non-hydrogen) atoms. The predicted octanol–water partition coefficient (Wildman–Crippen LogP) is 5.79. The van der Waals surface area contributed by atoms with Crippen LogP contribution in [0.2, 0.25) is 0 Å². The van der Waals surface area contributed by atoms with Gasteiger partial charge in [0.15, 0.2) is 0 Å². The van der Waals surface area contributed by atoms with E-state index in [1.54, 1.807) is 13.0 Å². The molecule has 6 heteroatoms. The second-order valence-corrected chi connectivity index (χ2v) is 10.9. The van der Waals surface area contributed by atoms with Crippen LogP contribution in [0.15, 0.2) is 23.3 Å². The summed E-state index contributed by atoms with van der Waals surface area (Å²) >= 11 is 0. The first-order valence-electron chi connectivity index (χ1n) is 12.6. The Bertz CT molecular complexity index is 842. The molecule has 0 spiro atoms. The zero-order valence-corrected chi connectivity index (χ0v) is 22.5. The Balaban J connectivity index is 2.51. The summed E-state index contributed by atoms with van der Waals surface area (Å²) in [5.74, 6) is -0.551. The molecule has 0 saturated heterocycles. The highest BCUT2D eigenvalue weighted by Crippen LogP contribution is 2.63. The van der Waals surface area contributed by atoms with Crippen molar-refractivity contribution in [2.75, 3.05) is 7.11 Å². The summed E-state index contributed by atoms with van der Waals surface area (Å²) in [5, 5.41) is 0. The monoisotopic (exact) mass is 476 g/mol. The largest absolute Gasteiger partial charge is 0.469 e. The third kappa shape index (κ3) is 5.41. The molecule has 2 aliphatic rings. The maximum absolute atomic E-state index is 12.9. The van der Waals surface area contributed by atoms with E-state index in [0.717, 1.165) is 25.7 Å². The van der Waals surface area contributed by atoms with Crippen molar-refractivity contribution in [3.8, 4) is 0 Å². The third-order valence-electron chi connectivity index (χ3n) is 8.91. The fourth-order valence-electron chi connectivity index (χ4n) is 6.29. The van der Waals surface area contributed by atoms with Gasteiger partial charge in [-0.3, -0.25) is 9.59 Å². The average Bonchev–Trinajstić information content (AvgIpc) is 2.79. The van der Waals surface area contributed by atoms with Gasteiger partial charge in [-0.05, 0) is 63.7 Å². The molecular weight excluding hydrogens is 432 g/mol. The van der Waals surface area contributed by atoms with Crippen molar-refractivity contribution in [3.05, 3.63) is 23.3 Å². The molecule has 2 rings (SSSR count). The molecule has 0 aromatic rings. The van der Waals surface area contributed by atoms with Gasteiger partial charge >= 0.3 is 17.9 Å². The standard InChI is InChI=1S/C28H44O6/c1-10-18(3)26(31)34-25-24(33-21(6)29)20(5)27(7,15-14-17(2)16-23(30)32-9)22-13-11-12-19(4)28(22,25)8/h10,12,17,20,22,24-25H,11,13-16H2,1-9H3. The van der Waals surface area contributed by atoms with Gasteiger partial charge in [0.25, 0.3) is 0 Å². The first-order chi connectivity index (χ1) is 15.8. The topological polar surface area (TPSA) is 78.9 Å². The number of rotatable bonds is 8. The van der Waals surface area contributed by atoms with Crippen LogP contribution < -0.4 is 0 Å². The summed E-state index contributed by atoms with van der Waals surface area (Å²) in [6.45, 7) is 15.7. The zero-order valence-electron chi connectivity index (χ0n) is 22.5. The number of hydrogen-bond donors (Lipinski definition) is 0. The molecule has 0 heterocycles. The normalized spacial score (nSPS) is 34.4. The van der Waals surface area contributed by atoms with Crippen molar-refractivity contribution in [1.29, 1.82) is 0 Å². The van der Waals surface area contributed by atoms with E-state index in [4.69, 9.17) is 14.2 Å². The number of carbonyl (C=O) groups excluding carboxylic acids is 3. The lowest BCUT2D eigenvalue weighted by atomic mass is 9.45. The van der Waals surface area contributed by atoms with Crippen LogP contribution in [-0.2, 0) is 28.6 Å². The Kier molecular flexibility index (Phi) is 9.17. The Hall–Kier alpha value is -2.11. The van der Waals surface area contributed by atoms with Crippen LogP contribution in [0.25, 0.3) is 0 Å². The summed E-state index contributed by atoms with van der Waals surface area (Å²) in [7, 11) is 1.42. The number of methoxy groups -OCH3 is 1. The van der Waals surface area contributed by atoms with Crippen molar-refractivity contribution in [2.45, 2.75) is 99.7 Å². The molecule has 1 fully saturated rings. The molecule has 0 radical (unpaired) electrons. The van der Waals surface area contributed by atoms with Gasteiger partial charge in [-0.15, -0.1) is 0 Å². The zero-order chi connectivity index (χ0) is 25.8. The summed E-state index contributed by atoms with van der Waals surface area (Å²) < 4.78 is 17.0. The quantitative estimate of drug-likeness (QED) is 0.191. The van der Waals surface area contributed by atoms with Crippen LogP contribution in [-0.4, -0.2) is 37.2 Å². The van der Waals surface area contributed by atoms with Gasteiger partial charge in [-0.1, -0.05) is 45.4 Å². The van der Waals surface area contributed by atoms with Crippen LogP contribution >= 0.6 is 0 Å². The van der Waals surface area contributed by atoms with E-state index in [-0.39, 0.29) is 41.1 Å². The fourth-order valence-corrected chi connectivity index (χ4v) is 6.29. The lowest BCUT2D eigenvalue weighted by Gasteiger charge is -2.62. The molecule has 0 amide bonds. The van der Waals surface area contributed by atoms with Gasteiger partial charge in [0.2, 0.25) is 0 Å². The van der Waals surface area contributed by atoms with E-state index in [1.165, 1.54) is 19.6 Å². The SMILES string of the molecule is CC=C(C)C(=O)OC1C(OC(C)=O)C(C)C(C)(CCC(C)CC(=O)OC)C2CCC=C(C)C12C. The van der Waals surface area contributed by atoms with E-state index < -0.39 is 17.6 Å². The lowest BCUT2D eigenvalue weighted by Crippen LogP contribution is -2.65. The molecule has 7 unspecified atom stereocenters. The predicted molar refractivity (Wildman–Crippen MR) is 132 cm³/mol. The summed E-state index contributed by atoms with van der Waals surface area (Å²) in [5.41, 5.74) is 1.08. The molecule has 0 aromatic heterocycles. The average molecular weight is 477 g/mol. The maximum Gasteiger partial charge on any atom is 0.333 e. The third-order valence-corrected chi connectivity index (χ3v) is 8.91. The number of fused-ring (bicyclic) bond motifs is 1. The minimum Gasteiger partial charge on any atom is -0.469 e. The number of allylic oxidation sites excluding steroid dienone is 2. The Morgan fingerprint density at radius 2 is 1.85 bits per heavy atom. The van der Waals surface area contributed by atoms with Gasteiger partial charge in [0.1, 0.15) is 12.2 Å². The van der Waals surface area contributed by atoms with Crippen molar-refractivity contribution in [3.63, 3.8) is 0 Å². The minimum absolute atomic E-state index is 0.0330. The van der Waals surface area contributed by atoms with Gasteiger partial charge in [0, 0.05) is 30.3 Å². The Labute approximate surface area is 205 Å². The van der Waals surface area contributed by atoms with E-state index in [2.05, 4.69) is 40.7 Å². The van der Waals surface area contributed by atoms with E-state index in [9.17, 15) is 14.4 Å². The Morgan fingerprint density at radius 1 is 1.21 bits per heavy atom. The molecule has 6 nitrogen and oxygen atoms in total. The first-order valence-corrected chi connectivity index (χ1v) is 12.6. The van der Waals surface area contributed by atoms with Crippen LogP contribution in [0.4, 0.5) is 0 Å². The maximum atomic E-state index is 12.9. The van der Waals surface area contributed by atoms with Crippen LogP contribution in [0, 0.1) is 28.6 Å². The molecule has 1 saturated carbocycles. The van der Waals surface area contributed by atoms with Crippen LogP contribution in [0.1, 0.15) is 87.5 Å². The number of esters is 3. The summed E-state index contributed by atoms with van der Waals surface area (Å²) in [4.78, 5) is 36.9. The fraction of sp³-hybridized carbons (Fsp3) is 0.750. The van der Waals surface area contributed by atoms with Gasteiger partial charge in [0.05, 0.1) is 7.11 Å². The van der Waals surface area contributed by atoms with E-state index >= 15 is 0 Å². The lowest BCUT2D eigenvalue weighted by molar-refractivity contribution is -0.222. The highest BCUT2D eigenvalue weighted by atomic mass is 16.6. The Morgan fingerprint density at radius 3 is 2.41 bits per heavy atom. The molecule has 0 bridgehead atoms. The van der Waals surface area contributed by atoms with Crippen molar-refractivity contribution < 1.29 is 28.6 Å². The van der Waals surface area contributed by atoms with E-state index in [0.29, 0.717) is 12.0 Å². The molecule has 0 aromatic carbocycles. The number of ether oxygens (including phenoxy) is 3. The second-order valence-electron chi connectivity index (χ2n) is 10.9. The molecule has 2 aliphatic carbocycles. The molecular formula is C28H44O6. The number of hydrogen-bond acceptors (Lipinski definition) is 6. The number of carbonyl (C=O) groups is 3. The van der Waals surface area contributed by atoms with Crippen molar-refractivity contribution >= 4 is 17.9 Å². The van der Waals surface area contributed by atoms with E-state index in [1.807, 2.05) is 6.92 Å². The smallest absolute Gasteiger partial charge is 0.333 e. The molecule has 0 aliphatic heterocycles. The minimum atomic E-state index is -0.573.